The lowest BCUT2D eigenvalue weighted by molar-refractivity contribution is -0.123. The number of carbonyl (C=O) groups is 2. The zero-order chi connectivity index (χ0) is 17.4. The number of nitrogens with one attached hydrogen (secondary N) is 1. The van der Waals surface area contributed by atoms with Crippen molar-refractivity contribution in [3.8, 4) is 11.5 Å². The van der Waals surface area contributed by atoms with E-state index < -0.39 is 5.97 Å². The highest BCUT2D eigenvalue weighted by molar-refractivity contribution is 5.92. The lowest BCUT2D eigenvalue weighted by Crippen LogP contribution is -2.28. The van der Waals surface area contributed by atoms with E-state index in [1.807, 2.05) is 24.3 Å². The molecule has 0 aliphatic heterocycles. The number of methoxy groups -OCH3 is 2. The molecule has 126 valence electrons. The largest absolute Gasteiger partial charge is 0.496 e. The third-order valence-electron chi connectivity index (χ3n) is 3.32. The summed E-state index contributed by atoms with van der Waals surface area (Å²) in [6, 6.07) is 14.0. The van der Waals surface area contributed by atoms with E-state index >= 15 is 0 Å². The van der Waals surface area contributed by atoms with Gasteiger partial charge in [0.15, 0.2) is 6.61 Å². The van der Waals surface area contributed by atoms with Crippen LogP contribution in [-0.4, -0.2) is 32.7 Å². The second-order valence-corrected chi connectivity index (χ2v) is 4.86. The molecular weight excluding hydrogens is 310 g/mol. The first-order valence-electron chi connectivity index (χ1n) is 7.34. The van der Waals surface area contributed by atoms with Crippen LogP contribution in [0.2, 0.25) is 0 Å². The van der Waals surface area contributed by atoms with Gasteiger partial charge in [0.25, 0.3) is 5.91 Å². The number of amides is 1. The Morgan fingerprint density at radius 3 is 2.33 bits per heavy atom. The fourth-order valence-electron chi connectivity index (χ4n) is 2.11. The number of ether oxygens (including phenoxy) is 3. The van der Waals surface area contributed by atoms with Crippen molar-refractivity contribution >= 4 is 11.9 Å². The molecule has 1 amide bonds. The SMILES string of the molecule is COC(=O)c1ccccc1OCC(=O)NCc1ccccc1OC. The summed E-state index contributed by atoms with van der Waals surface area (Å²) in [7, 11) is 2.87. The molecule has 0 aliphatic rings. The van der Waals surface area contributed by atoms with Crippen LogP contribution in [0, 0.1) is 0 Å². The number of rotatable bonds is 7. The van der Waals surface area contributed by atoms with E-state index in [0.717, 1.165) is 5.56 Å². The molecule has 0 radical (unpaired) electrons. The molecule has 2 aromatic carbocycles. The second-order valence-electron chi connectivity index (χ2n) is 4.86. The Balaban J connectivity index is 1.91. The van der Waals surface area contributed by atoms with E-state index in [4.69, 9.17) is 9.47 Å². The van der Waals surface area contributed by atoms with Gasteiger partial charge in [0, 0.05) is 12.1 Å². The molecule has 0 saturated carbocycles. The summed E-state index contributed by atoms with van der Waals surface area (Å²) in [5.41, 5.74) is 1.14. The summed E-state index contributed by atoms with van der Waals surface area (Å²) >= 11 is 0. The Bertz CT molecular complexity index is 714. The van der Waals surface area contributed by atoms with Crippen LogP contribution in [-0.2, 0) is 16.1 Å². The van der Waals surface area contributed by atoms with Gasteiger partial charge >= 0.3 is 5.97 Å². The van der Waals surface area contributed by atoms with Gasteiger partial charge in [-0.1, -0.05) is 30.3 Å². The molecule has 0 saturated heterocycles. The van der Waals surface area contributed by atoms with E-state index in [0.29, 0.717) is 18.0 Å². The molecule has 0 bridgehead atoms. The van der Waals surface area contributed by atoms with Gasteiger partial charge in [0.2, 0.25) is 0 Å². The fourth-order valence-corrected chi connectivity index (χ4v) is 2.11. The molecule has 6 nitrogen and oxygen atoms in total. The van der Waals surface area contributed by atoms with Crippen LogP contribution in [0.3, 0.4) is 0 Å². The Morgan fingerprint density at radius 2 is 1.62 bits per heavy atom. The Kier molecular flexibility index (Phi) is 6.19. The monoisotopic (exact) mass is 329 g/mol. The summed E-state index contributed by atoms with van der Waals surface area (Å²) in [6.07, 6.45) is 0. The van der Waals surface area contributed by atoms with Crippen molar-refractivity contribution in [2.75, 3.05) is 20.8 Å². The van der Waals surface area contributed by atoms with Crippen molar-refractivity contribution < 1.29 is 23.8 Å². The van der Waals surface area contributed by atoms with Gasteiger partial charge in [-0.05, 0) is 18.2 Å². The van der Waals surface area contributed by atoms with Gasteiger partial charge in [-0.25, -0.2) is 4.79 Å². The molecule has 6 heteroatoms. The quantitative estimate of drug-likeness (QED) is 0.788. The number of para-hydroxylation sites is 2. The minimum Gasteiger partial charge on any atom is -0.496 e. The van der Waals surface area contributed by atoms with Crippen molar-refractivity contribution in [3.05, 3.63) is 59.7 Å². The summed E-state index contributed by atoms with van der Waals surface area (Å²) in [4.78, 5) is 23.6. The predicted molar refractivity (Wildman–Crippen MR) is 88.1 cm³/mol. The van der Waals surface area contributed by atoms with E-state index in [9.17, 15) is 9.59 Å². The van der Waals surface area contributed by atoms with Crippen molar-refractivity contribution in [2.45, 2.75) is 6.54 Å². The Hall–Kier alpha value is -3.02. The first-order valence-corrected chi connectivity index (χ1v) is 7.34. The highest BCUT2D eigenvalue weighted by Crippen LogP contribution is 2.19. The van der Waals surface area contributed by atoms with E-state index in [2.05, 4.69) is 10.1 Å². The van der Waals surface area contributed by atoms with Crippen LogP contribution < -0.4 is 14.8 Å². The van der Waals surface area contributed by atoms with Crippen molar-refractivity contribution in [3.63, 3.8) is 0 Å². The third-order valence-corrected chi connectivity index (χ3v) is 3.32. The molecule has 0 atom stereocenters. The maximum atomic E-state index is 11.9. The molecule has 1 N–H and O–H groups in total. The standard InChI is InChI=1S/C18H19NO5/c1-22-15-9-5-3-7-13(15)11-19-17(20)12-24-16-10-6-4-8-14(16)18(21)23-2/h3-10H,11-12H2,1-2H3,(H,19,20). The highest BCUT2D eigenvalue weighted by atomic mass is 16.5. The van der Waals surface area contributed by atoms with Crippen LogP contribution in [0.4, 0.5) is 0 Å². The number of esters is 1. The third kappa shape index (κ3) is 4.49. The van der Waals surface area contributed by atoms with Crippen molar-refractivity contribution in [1.82, 2.24) is 5.32 Å². The minimum atomic E-state index is -0.514. The molecule has 0 aromatic heterocycles. The zero-order valence-electron chi connectivity index (χ0n) is 13.6. The van der Waals surface area contributed by atoms with Crippen LogP contribution in [0.1, 0.15) is 15.9 Å². The number of benzene rings is 2. The van der Waals surface area contributed by atoms with E-state index in [-0.39, 0.29) is 18.1 Å². The molecule has 0 aliphatic carbocycles. The number of hydrogen-bond acceptors (Lipinski definition) is 5. The first kappa shape index (κ1) is 17.3. The van der Waals surface area contributed by atoms with Crippen molar-refractivity contribution in [1.29, 1.82) is 0 Å². The smallest absolute Gasteiger partial charge is 0.341 e. The fraction of sp³-hybridized carbons (Fsp3) is 0.222. The molecule has 0 unspecified atom stereocenters. The van der Waals surface area contributed by atoms with Gasteiger partial charge < -0.3 is 19.5 Å². The first-order chi connectivity index (χ1) is 11.7. The maximum absolute atomic E-state index is 11.9. The molecule has 0 fully saturated rings. The lowest BCUT2D eigenvalue weighted by atomic mass is 10.2. The number of carbonyl (C=O) groups excluding carboxylic acids is 2. The van der Waals surface area contributed by atoms with Crippen molar-refractivity contribution in [2.24, 2.45) is 0 Å². The predicted octanol–water partition coefficient (Wildman–Crippen LogP) is 2.18. The Labute approximate surface area is 140 Å². The lowest BCUT2D eigenvalue weighted by Gasteiger charge is -2.11. The second kappa shape index (κ2) is 8.57. The van der Waals surface area contributed by atoms with Gasteiger partial charge in [0.05, 0.1) is 14.2 Å². The topological polar surface area (TPSA) is 73.9 Å². The summed E-state index contributed by atoms with van der Waals surface area (Å²) in [6.45, 7) is 0.119. The van der Waals surface area contributed by atoms with Gasteiger partial charge in [-0.3, -0.25) is 4.79 Å². The molecular formula is C18H19NO5. The molecule has 0 heterocycles. The molecule has 2 aromatic rings. The van der Waals surface area contributed by atoms with Crippen LogP contribution in [0.15, 0.2) is 48.5 Å². The van der Waals surface area contributed by atoms with Crippen LogP contribution in [0.25, 0.3) is 0 Å². The van der Waals surface area contributed by atoms with Gasteiger partial charge in [0.1, 0.15) is 17.1 Å². The summed E-state index contributed by atoms with van der Waals surface area (Å²) in [5, 5.41) is 2.75. The Morgan fingerprint density at radius 1 is 0.958 bits per heavy atom. The highest BCUT2D eigenvalue weighted by Gasteiger charge is 2.13. The molecule has 24 heavy (non-hydrogen) atoms. The van der Waals surface area contributed by atoms with Crippen LogP contribution >= 0.6 is 0 Å². The average Bonchev–Trinajstić information content (AvgIpc) is 2.64. The van der Waals surface area contributed by atoms with Crippen LogP contribution in [0.5, 0.6) is 11.5 Å². The summed E-state index contributed by atoms with van der Waals surface area (Å²) in [5.74, 6) is 0.187. The minimum absolute atomic E-state index is 0.205. The average molecular weight is 329 g/mol. The van der Waals surface area contributed by atoms with Gasteiger partial charge in [-0.15, -0.1) is 0 Å². The van der Waals surface area contributed by atoms with E-state index in [1.54, 1.807) is 31.4 Å². The summed E-state index contributed by atoms with van der Waals surface area (Å²) < 4.78 is 15.3. The normalized spacial score (nSPS) is 9.92. The molecule has 0 spiro atoms. The zero-order valence-corrected chi connectivity index (χ0v) is 13.6. The number of hydrogen-bond donors (Lipinski definition) is 1. The molecule has 2 rings (SSSR count). The van der Waals surface area contributed by atoms with Gasteiger partial charge in [-0.2, -0.15) is 0 Å². The maximum Gasteiger partial charge on any atom is 0.341 e. The van der Waals surface area contributed by atoms with E-state index in [1.165, 1.54) is 7.11 Å².